The minimum Gasteiger partial charge on any atom is -0.381 e. The van der Waals surface area contributed by atoms with E-state index in [9.17, 15) is 0 Å². The first-order chi connectivity index (χ1) is 12.2. The van der Waals surface area contributed by atoms with Gasteiger partial charge in [-0.15, -0.1) is 0 Å². The van der Waals surface area contributed by atoms with Crippen molar-refractivity contribution in [2.24, 2.45) is 10.9 Å². The van der Waals surface area contributed by atoms with E-state index in [0.717, 1.165) is 58.3 Å². The summed E-state index contributed by atoms with van der Waals surface area (Å²) in [5.74, 6) is 1.88. The summed E-state index contributed by atoms with van der Waals surface area (Å²) in [6, 6.07) is 8.68. The molecule has 1 aliphatic heterocycles. The standard InChI is InChI=1S/C20H33N3O2/c1-16-6-4-7-19(12-16)17(2)13-23-20(21-3)22-9-5-10-24-14-18-8-11-25-15-18/h4,6-7,12,17-18H,5,8-11,13-15H2,1-3H3,(H2,21,22,23). The van der Waals surface area contributed by atoms with E-state index in [4.69, 9.17) is 9.47 Å². The zero-order valence-electron chi connectivity index (χ0n) is 15.9. The maximum absolute atomic E-state index is 5.72. The lowest BCUT2D eigenvalue weighted by atomic mass is 9.99. The van der Waals surface area contributed by atoms with Gasteiger partial charge in [0.15, 0.2) is 5.96 Å². The fourth-order valence-electron chi connectivity index (χ4n) is 2.91. The summed E-state index contributed by atoms with van der Waals surface area (Å²) in [6.45, 7) is 9.43. The van der Waals surface area contributed by atoms with E-state index in [1.807, 2.05) is 7.05 Å². The molecule has 140 valence electrons. The highest BCUT2D eigenvalue weighted by Gasteiger charge is 2.15. The monoisotopic (exact) mass is 347 g/mol. The van der Waals surface area contributed by atoms with Gasteiger partial charge in [-0.3, -0.25) is 4.99 Å². The molecule has 1 fully saturated rings. The van der Waals surface area contributed by atoms with Gasteiger partial charge in [0.05, 0.1) is 13.2 Å². The van der Waals surface area contributed by atoms with E-state index in [2.05, 4.69) is 53.7 Å². The summed E-state index contributed by atoms with van der Waals surface area (Å²) in [5, 5.41) is 6.75. The van der Waals surface area contributed by atoms with Crippen LogP contribution in [0.4, 0.5) is 0 Å². The van der Waals surface area contributed by atoms with Crippen LogP contribution in [0, 0.1) is 12.8 Å². The number of guanidine groups is 1. The fraction of sp³-hybridized carbons (Fsp3) is 0.650. The molecule has 2 atom stereocenters. The third-order valence-electron chi connectivity index (χ3n) is 4.55. The Hall–Kier alpha value is -1.59. The van der Waals surface area contributed by atoms with E-state index < -0.39 is 0 Å². The number of ether oxygens (including phenoxy) is 2. The Balaban J connectivity index is 1.57. The zero-order valence-corrected chi connectivity index (χ0v) is 15.9. The number of hydrogen-bond acceptors (Lipinski definition) is 3. The Morgan fingerprint density at radius 1 is 1.40 bits per heavy atom. The second kappa shape index (κ2) is 11.1. The molecular formula is C20H33N3O2. The number of aryl methyl sites for hydroxylation is 1. The van der Waals surface area contributed by atoms with Gasteiger partial charge >= 0.3 is 0 Å². The Kier molecular flexibility index (Phi) is 8.77. The Morgan fingerprint density at radius 3 is 3.00 bits per heavy atom. The van der Waals surface area contributed by atoms with E-state index in [1.54, 1.807) is 0 Å². The van der Waals surface area contributed by atoms with E-state index >= 15 is 0 Å². The van der Waals surface area contributed by atoms with Gasteiger partial charge in [0.2, 0.25) is 0 Å². The highest BCUT2D eigenvalue weighted by molar-refractivity contribution is 5.79. The van der Waals surface area contributed by atoms with Crippen molar-refractivity contribution in [3.8, 4) is 0 Å². The summed E-state index contributed by atoms with van der Waals surface area (Å²) in [6.07, 6.45) is 2.11. The lowest BCUT2D eigenvalue weighted by molar-refractivity contribution is 0.0888. The SMILES string of the molecule is CN=C(NCCCOCC1CCOC1)NCC(C)c1cccc(C)c1. The molecular weight excluding hydrogens is 314 g/mol. The average Bonchev–Trinajstić information content (AvgIpc) is 3.13. The molecule has 2 N–H and O–H groups in total. The Morgan fingerprint density at radius 2 is 2.28 bits per heavy atom. The molecule has 5 nitrogen and oxygen atoms in total. The maximum atomic E-state index is 5.72. The summed E-state index contributed by atoms with van der Waals surface area (Å²) in [7, 11) is 1.81. The molecule has 0 saturated carbocycles. The van der Waals surface area contributed by atoms with Crippen LogP contribution in [0.25, 0.3) is 0 Å². The molecule has 0 bridgehead atoms. The molecule has 2 unspecified atom stereocenters. The molecule has 1 heterocycles. The summed E-state index contributed by atoms with van der Waals surface area (Å²) >= 11 is 0. The highest BCUT2D eigenvalue weighted by Crippen LogP contribution is 2.15. The number of nitrogens with zero attached hydrogens (tertiary/aromatic N) is 1. The highest BCUT2D eigenvalue weighted by atomic mass is 16.5. The molecule has 0 aliphatic carbocycles. The summed E-state index contributed by atoms with van der Waals surface area (Å²) < 4.78 is 11.1. The quantitative estimate of drug-likeness (QED) is 0.410. The van der Waals surface area contributed by atoms with Gasteiger partial charge in [-0.25, -0.2) is 0 Å². The molecule has 0 radical (unpaired) electrons. The predicted molar refractivity (Wildman–Crippen MR) is 103 cm³/mol. The van der Waals surface area contributed by atoms with Crippen molar-refractivity contribution in [2.45, 2.75) is 32.6 Å². The third kappa shape index (κ3) is 7.45. The molecule has 1 aliphatic rings. The molecule has 0 amide bonds. The van der Waals surface area contributed by atoms with Crippen LogP contribution in [0.1, 0.15) is 36.8 Å². The lowest BCUT2D eigenvalue weighted by Gasteiger charge is -2.17. The number of benzene rings is 1. The molecule has 0 aromatic heterocycles. The van der Waals surface area contributed by atoms with Crippen LogP contribution in [0.2, 0.25) is 0 Å². The average molecular weight is 348 g/mol. The Bertz CT molecular complexity index is 527. The molecule has 5 heteroatoms. The topological polar surface area (TPSA) is 54.9 Å². The number of nitrogens with one attached hydrogen (secondary N) is 2. The molecule has 25 heavy (non-hydrogen) atoms. The third-order valence-corrected chi connectivity index (χ3v) is 4.55. The first kappa shape index (κ1) is 19.7. The van der Waals surface area contributed by atoms with Gasteiger partial charge < -0.3 is 20.1 Å². The Labute approximate surface area is 152 Å². The van der Waals surface area contributed by atoms with Gasteiger partial charge in [0, 0.05) is 39.3 Å². The van der Waals surface area contributed by atoms with Crippen LogP contribution in [0.5, 0.6) is 0 Å². The van der Waals surface area contributed by atoms with Crippen molar-refractivity contribution in [2.75, 3.05) is 46.6 Å². The van der Waals surface area contributed by atoms with Crippen LogP contribution in [-0.4, -0.2) is 52.5 Å². The van der Waals surface area contributed by atoms with Crippen LogP contribution in [-0.2, 0) is 9.47 Å². The smallest absolute Gasteiger partial charge is 0.190 e. The largest absolute Gasteiger partial charge is 0.381 e. The van der Waals surface area contributed by atoms with Crippen LogP contribution >= 0.6 is 0 Å². The molecule has 1 aromatic carbocycles. The van der Waals surface area contributed by atoms with Gasteiger partial charge in [-0.05, 0) is 31.2 Å². The van der Waals surface area contributed by atoms with Crippen LogP contribution in [0.15, 0.2) is 29.3 Å². The maximum Gasteiger partial charge on any atom is 0.190 e. The van der Waals surface area contributed by atoms with Crippen molar-refractivity contribution in [3.05, 3.63) is 35.4 Å². The first-order valence-corrected chi connectivity index (χ1v) is 9.35. The summed E-state index contributed by atoms with van der Waals surface area (Å²) in [4.78, 5) is 4.29. The van der Waals surface area contributed by atoms with Crippen molar-refractivity contribution in [3.63, 3.8) is 0 Å². The second-order valence-electron chi connectivity index (χ2n) is 6.85. The van der Waals surface area contributed by atoms with Gasteiger partial charge in [-0.1, -0.05) is 36.8 Å². The normalized spacial score (nSPS) is 19.0. The fourth-order valence-corrected chi connectivity index (χ4v) is 2.91. The number of hydrogen-bond donors (Lipinski definition) is 2. The lowest BCUT2D eigenvalue weighted by Crippen LogP contribution is -2.39. The minimum absolute atomic E-state index is 0.440. The van der Waals surface area contributed by atoms with Crippen LogP contribution in [0.3, 0.4) is 0 Å². The second-order valence-corrected chi connectivity index (χ2v) is 6.85. The zero-order chi connectivity index (χ0) is 17.9. The summed E-state index contributed by atoms with van der Waals surface area (Å²) in [5.41, 5.74) is 2.66. The number of aliphatic imine (C=N–C) groups is 1. The molecule has 0 spiro atoms. The van der Waals surface area contributed by atoms with E-state index in [-0.39, 0.29) is 0 Å². The van der Waals surface area contributed by atoms with Gasteiger partial charge in [0.1, 0.15) is 0 Å². The van der Waals surface area contributed by atoms with Crippen LogP contribution < -0.4 is 10.6 Å². The van der Waals surface area contributed by atoms with E-state index in [0.29, 0.717) is 11.8 Å². The van der Waals surface area contributed by atoms with E-state index in [1.165, 1.54) is 11.1 Å². The minimum atomic E-state index is 0.440. The predicted octanol–water partition coefficient (Wildman–Crippen LogP) is 2.71. The molecule has 1 saturated heterocycles. The molecule has 2 rings (SSSR count). The number of rotatable bonds is 9. The van der Waals surface area contributed by atoms with Crippen molar-refractivity contribution < 1.29 is 9.47 Å². The van der Waals surface area contributed by atoms with Crippen molar-refractivity contribution >= 4 is 5.96 Å². The van der Waals surface area contributed by atoms with Crippen molar-refractivity contribution in [1.82, 2.24) is 10.6 Å². The van der Waals surface area contributed by atoms with Crippen molar-refractivity contribution in [1.29, 1.82) is 0 Å². The van der Waals surface area contributed by atoms with Gasteiger partial charge in [0.25, 0.3) is 0 Å². The first-order valence-electron chi connectivity index (χ1n) is 9.35. The van der Waals surface area contributed by atoms with Gasteiger partial charge in [-0.2, -0.15) is 0 Å². The molecule has 1 aromatic rings.